The van der Waals surface area contributed by atoms with Crippen molar-refractivity contribution in [2.24, 2.45) is 5.92 Å². The molecular formula is C18H29N3O3. The maximum absolute atomic E-state index is 12.2. The molecule has 1 aliphatic heterocycles. The van der Waals surface area contributed by atoms with Crippen LogP contribution in [-0.4, -0.2) is 54.3 Å². The van der Waals surface area contributed by atoms with Gasteiger partial charge in [-0.15, -0.1) is 0 Å². The smallest absolute Gasteiger partial charge is 0.250 e. The van der Waals surface area contributed by atoms with Gasteiger partial charge in [-0.05, 0) is 12.0 Å². The summed E-state index contributed by atoms with van der Waals surface area (Å²) in [5.74, 6) is 0.426. The summed E-state index contributed by atoms with van der Waals surface area (Å²) in [6.45, 7) is 8.42. The first-order chi connectivity index (χ1) is 11.7. The summed E-state index contributed by atoms with van der Waals surface area (Å²) < 4.78 is 6.87. The van der Waals surface area contributed by atoms with Crippen LogP contribution in [0.5, 0.6) is 0 Å². The highest BCUT2D eigenvalue weighted by molar-refractivity contribution is 5.75. The van der Waals surface area contributed by atoms with Crippen molar-refractivity contribution in [2.45, 2.75) is 39.3 Å². The fourth-order valence-corrected chi connectivity index (χ4v) is 3.36. The molecule has 0 radical (unpaired) electrons. The first kappa shape index (κ1) is 18.7. The standard InChI is InChI=1S/C18H29N3O3/c1-3-15(4-2)16(20-9-11-24-12-10-20)13-19-17(22)14-21-8-6-5-7-18(21)23/h5-8,15-16H,3-4,9-14H2,1-2H3,(H,19,22). The maximum Gasteiger partial charge on any atom is 0.250 e. The van der Waals surface area contributed by atoms with Gasteiger partial charge in [0.25, 0.3) is 5.56 Å². The van der Waals surface area contributed by atoms with E-state index in [1.807, 2.05) is 0 Å². The minimum atomic E-state index is -0.155. The van der Waals surface area contributed by atoms with E-state index in [9.17, 15) is 9.59 Å². The third kappa shape index (κ3) is 5.18. The summed E-state index contributed by atoms with van der Waals surface area (Å²) in [4.78, 5) is 26.4. The predicted molar refractivity (Wildman–Crippen MR) is 94.0 cm³/mol. The fourth-order valence-electron chi connectivity index (χ4n) is 3.36. The summed E-state index contributed by atoms with van der Waals surface area (Å²) in [7, 11) is 0. The van der Waals surface area contributed by atoms with Gasteiger partial charge in [-0.1, -0.05) is 32.8 Å². The third-order valence-electron chi connectivity index (χ3n) is 4.83. The lowest BCUT2D eigenvalue weighted by Gasteiger charge is -2.38. The Morgan fingerprint density at radius 2 is 1.96 bits per heavy atom. The van der Waals surface area contributed by atoms with E-state index in [1.165, 1.54) is 10.6 Å². The van der Waals surface area contributed by atoms with Gasteiger partial charge in [-0.3, -0.25) is 14.5 Å². The van der Waals surface area contributed by atoms with E-state index in [-0.39, 0.29) is 18.0 Å². The minimum Gasteiger partial charge on any atom is -0.379 e. The monoisotopic (exact) mass is 335 g/mol. The predicted octanol–water partition coefficient (Wildman–Crippen LogP) is 1.10. The molecule has 1 aliphatic rings. The van der Waals surface area contributed by atoms with E-state index in [2.05, 4.69) is 24.1 Å². The second-order valence-corrected chi connectivity index (χ2v) is 6.26. The lowest BCUT2D eigenvalue weighted by molar-refractivity contribution is -0.122. The van der Waals surface area contributed by atoms with E-state index in [0.29, 0.717) is 18.5 Å². The van der Waals surface area contributed by atoms with E-state index >= 15 is 0 Å². The van der Waals surface area contributed by atoms with Crippen LogP contribution in [0.25, 0.3) is 0 Å². The third-order valence-corrected chi connectivity index (χ3v) is 4.83. The van der Waals surface area contributed by atoms with Gasteiger partial charge in [-0.25, -0.2) is 0 Å². The van der Waals surface area contributed by atoms with Gasteiger partial charge < -0.3 is 14.6 Å². The molecule has 0 bridgehead atoms. The zero-order valence-corrected chi connectivity index (χ0v) is 14.7. The number of amides is 1. The second-order valence-electron chi connectivity index (χ2n) is 6.26. The molecule has 1 N–H and O–H groups in total. The van der Waals surface area contributed by atoms with Crippen LogP contribution in [0.1, 0.15) is 26.7 Å². The van der Waals surface area contributed by atoms with Crippen molar-refractivity contribution in [1.82, 2.24) is 14.8 Å². The van der Waals surface area contributed by atoms with Gasteiger partial charge in [0.15, 0.2) is 0 Å². The highest BCUT2D eigenvalue weighted by Gasteiger charge is 2.27. The van der Waals surface area contributed by atoms with Crippen LogP contribution in [0, 0.1) is 5.92 Å². The normalized spacial score (nSPS) is 17.0. The van der Waals surface area contributed by atoms with Crippen LogP contribution >= 0.6 is 0 Å². The van der Waals surface area contributed by atoms with Crippen LogP contribution in [0.3, 0.4) is 0 Å². The molecule has 0 saturated carbocycles. The molecule has 2 rings (SSSR count). The number of carbonyl (C=O) groups is 1. The number of ether oxygens (including phenoxy) is 1. The molecule has 1 aromatic heterocycles. The van der Waals surface area contributed by atoms with Gasteiger partial charge in [0.1, 0.15) is 6.54 Å². The van der Waals surface area contributed by atoms with Gasteiger partial charge in [0.2, 0.25) is 5.91 Å². The molecule has 1 atom stereocenters. The largest absolute Gasteiger partial charge is 0.379 e. The van der Waals surface area contributed by atoms with Crippen LogP contribution in [0.4, 0.5) is 0 Å². The first-order valence-electron chi connectivity index (χ1n) is 8.89. The number of carbonyl (C=O) groups excluding carboxylic acids is 1. The van der Waals surface area contributed by atoms with E-state index < -0.39 is 0 Å². The number of aromatic nitrogens is 1. The van der Waals surface area contributed by atoms with Crippen molar-refractivity contribution < 1.29 is 9.53 Å². The second kappa shape index (κ2) is 9.59. The van der Waals surface area contributed by atoms with Crippen molar-refractivity contribution in [3.63, 3.8) is 0 Å². The van der Waals surface area contributed by atoms with Gasteiger partial charge >= 0.3 is 0 Å². The zero-order valence-electron chi connectivity index (χ0n) is 14.7. The molecule has 1 saturated heterocycles. The Hall–Kier alpha value is -1.66. The van der Waals surface area contributed by atoms with Crippen molar-refractivity contribution >= 4 is 5.91 Å². The van der Waals surface area contributed by atoms with Crippen LogP contribution in [0.15, 0.2) is 29.2 Å². The number of hydrogen-bond acceptors (Lipinski definition) is 4. The van der Waals surface area contributed by atoms with Gasteiger partial charge in [0.05, 0.1) is 13.2 Å². The molecule has 0 spiro atoms. The molecule has 6 heteroatoms. The molecule has 1 fully saturated rings. The molecule has 1 amide bonds. The van der Waals surface area contributed by atoms with Gasteiger partial charge in [0, 0.05) is 37.9 Å². The van der Waals surface area contributed by atoms with Crippen molar-refractivity contribution in [3.05, 3.63) is 34.7 Å². The molecule has 24 heavy (non-hydrogen) atoms. The quantitative estimate of drug-likeness (QED) is 0.773. The molecule has 1 aromatic rings. The molecule has 0 aliphatic carbocycles. The highest BCUT2D eigenvalue weighted by Crippen LogP contribution is 2.19. The topological polar surface area (TPSA) is 63.6 Å². The summed E-state index contributed by atoms with van der Waals surface area (Å²) in [6, 6.07) is 5.22. The summed E-state index contributed by atoms with van der Waals surface area (Å²) in [5.41, 5.74) is -0.155. The Morgan fingerprint density at radius 3 is 2.58 bits per heavy atom. The lowest BCUT2D eigenvalue weighted by atomic mass is 9.92. The minimum absolute atomic E-state index is 0.0679. The molecule has 6 nitrogen and oxygen atoms in total. The number of nitrogens with one attached hydrogen (secondary N) is 1. The van der Waals surface area contributed by atoms with Crippen LogP contribution in [0.2, 0.25) is 0 Å². The molecule has 0 aromatic carbocycles. The number of nitrogens with zero attached hydrogens (tertiary/aromatic N) is 2. The average molecular weight is 335 g/mol. The Morgan fingerprint density at radius 1 is 1.25 bits per heavy atom. The molecule has 2 heterocycles. The van der Waals surface area contributed by atoms with E-state index in [1.54, 1.807) is 18.3 Å². The van der Waals surface area contributed by atoms with Crippen molar-refractivity contribution in [3.8, 4) is 0 Å². The van der Waals surface area contributed by atoms with Crippen LogP contribution in [-0.2, 0) is 16.1 Å². The number of rotatable bonds is 8. The maximum atomic E-state index is 12.2. The Labute approximate surface area is 143 Å². The Kier molecular flexibility index (Phi) is 7.46. The van der Waals surface area contributed by atoms with E-state index in [4.69, 9.17) is 4.74 Å². The Balaban J connectivity index is 1.94. The number of morpholine rings is 1. The fraction of sp³-hybridized carbons (Fsp3) is 0.667. The molecular weight excluding hydrogens is 306 g/mol. The summed E-state index contributed by atoms with van der Waals surface area (Å²) >= 11 is 0. The number of pyridine rings is 1. The highest BCUT2D eigenvalue weighted by atomic mass is 16.5. The first-order valence-corrected chi connectivity index (χ1v) is 8.89. The van der Waals surface area contributed by atoms with Crippen LogP contribution < -0.4 is 10.9 Å². The van der Waals surface area contributed by atoms with Gasteiger partial charge in [-0.2, -0.15) is 0 Å². The summed E-state index contributed by atoms with van der Waals surface area (Å²) in [5, 5.41) is 3.02. The number of hydrogen-bond donors (Lipinski definition) is 1. The Bertz CT molecular complexity index is 563. The van der Waals surface area contributed by atoms with Crippen molar-refractivity contribution in [1.29, 1.82) is 0 Å². The SMILES string of the molecule is CCC(CC)C(CNC(=O)Cn1ccccc1=O)N1CCOCC1. The van der Waals surface area contributed by atoms with Crippen molar-refractivity contribution in [2.75, 3.05) is 32.8 Å². The summed E-state index contributed by atoms with van der Waals surface area (Å²) in [6.07, 6.45) is 3.82. The molecule has 1 unspecified atom stereocenters. The average Bonchev–Trinajstić information content (AvgIpc) is 2.61. The zero-order chi connectivity index (χ0) is 17.4. The van der Waals surface area contributed by atoms with E-state index in [0.717, 1.165) is 39.1 Å². The lowest BCUT2D eigenvalue weighted by Crippen LogP contribution is -2.52. The molecule has 134 valence electrons.